The van der Waals surface area contributed by atoms with Crippen molar-refractivity contribution in [2.24, 2.45) is 0 Å². The second-order valence-electron chi connectivity index (χ2n) is 6.93. The van der Waals surface area contributed by atoms with Gasteiger partial charge in [-0.15, -0.1) is 0 Å². The van der Waals surface area contributed by atoms with Crippen LogP contribution in [0.2, 0.25) is 0 Å². The van der Waals surface area contributed by atoms with Crippen LogP contribution in [0, 0.1) is 0 Å². The summed E-state index contributed by atoms with van der Waals surface area (Å²) in [6, 6.07) is 0.441. The molecular formula is C17H28N4O4S. The number of hydrogen-bond donors (Lipinski definition) is 2. The van der Waals surface area contributed by atoms with Crippen LogP contribution in [0.25, 0.3) is 0 Å². The Morgan fingerprint density at radius 1 is 1.15 bits per heavy atom. The van der Waals surface area contributed by atoms with Crippen LogP contribution >= 0.6 is 11.8 Å². The lowest BCUT2D eigenvalue weighted by Crippen LogP contribution is -2.50. The maximum Gasteiger partial charge on any atom is 0.409 e. The van der Waals surface area contributed by atoms with Gasteiger partial charge in [0.1, 0.15) is 0 Å². The van der Waals surface area contributed by atoms with Crippen molar-refractivity contribution in [3.05, 3.63) is 0 Å². The van der Waals surface area contributed by atoms with E-state index in [-0.39, 0.29) is 30.1 Å². The Kier molecular flexibility index (Phi) is 6.50. The number of unbranched alkanes of at least 4 members (excludes halogenated alkanes) is 1. The summed E-state index contributed by atoms with van der Waals surface area (Å²) in [6.45, 7) is 4.41. The van der Waals surface area contributed by atoms with E-state index in [9.17, 15) is 14.4 Å². The topological polar surface area (TPSA) is 91.0 Å². The minimum atomic E-state index is -0.291. The van der Waals surface area contributed by atoms with E-state index in [1.165, 1.54) is 0 Å². The van der Waals surface area contributed by atoms with Crippen LogP contribution in [-0.4, -0.2) is 83.7 Å². The molecular weight excluding hydrogens is 356 g/mol. The lowest BCUT2D eigenvalue weighted by atomic mass is 10.0. The standard InChI is InChI=1S/C17H28N4O4S/c1-2-25-17(24)21-9-7-20(8-10-21)14(22)6-4-3-5-13-15-12(11-26-13)18-16(23)19-15/h12-13,15H,2-11H2,1H3,(H2,18,19,23). The van der Waals surface area contributed by atoms with Gasteiger partial charge in [-0.2, -0.15) is 11.8 Å². The van der Waals surface area contributed by atoms with Crippen molar-refractivity contribution in [2.75, 3.05) is 38.5 Å². The zero-order chi connectivity index (χ0) is 18.5. The molecule has 4 amide bonds. The molecule has 0 aromatic heterocycles. The van der Waals surface area contributed by atoms with Crippen LogP contribution in [0.4, 0.5) is 9.59 Å². The highest BCUT2D eigenvalue weighted by molar-refractivity contribution is 8.00. The van der Waals surface area contributed by atoms with Gasteiger partial charge in [0.2, 0.25) is 5.91 Å². The Morgan fingerprint density at radius 3 is 2.62 bits per heavy atom. The van der Waals surface area contributed by atoms with Gasteiger partial charge in [-0.3, -0.25) is 4.79 Å². The third kappa shape index (κ3) is 4.55. The average Bonchev–Trinajstić information content (AvgIpc) is 3.18. The zero-order valence-electron chi connectivity index (χ0n) is 15.2. The number of amides is 4. The molecule has 0 bridgehead atoms. The number of piperazine rings is 1. The van der Waals surface area contributed by atoms with Gasteiger partial charge in [-0.05, 0) is 19.8 Å². The second-order valence-corrected chi connectivity index (χ2v) is 8.21. The first-order valence-corrected chi connectivity index (χ1v) is 10.5. The normalized spacial score (nSPS) is 27.7. The molecule has 3 fully saturated rings. The van der Waals surface area contributed by atoms with Crippen LogP contribution in [0.3, 0.4) is 0 Å². The minimum Gasteiger partial charge on any atom is -0.450 e. The van der Waals surface area contributed by atoms with E-state index in [1.807, 2.05) is 16.7 Å². The first-order chi connectivity index (χ1) is 12.6. The van der Waals surface area contributed by atoms with Crippen molar-refractivity contribution < 1.29 is 19.1 Å². The number of rotatable bonds is 6. The monoisotopic (exact) mass is 384 g/mol. The second kappa shape index (κ2) is 8.83. The molecule has 0 saturated carbocycles. The molecule has 146 valence electrons. The Bertz CT molecular complexity index is 539. The fraction of sp³-hybridized carbons (Fsp3) is 0.824. The number of ether oxygens (including phenoxy) is 1. The molecule has 3 rings (SSSR count). The number of thioether (sulfide) groups is 1. The van der Waals surface area contributed by atoms with E-state index in [0.717, 1.165) is 25.0 Å². The number of urea groups is 1. The van der Waals surface area contributed by atoms with Crippen LogP contribution in [0.5, 0.6) is 0 Å². The van der Waals surface area contributed by atoms with E-state index in [0.29, 0.717) is 44.5 Å². The van der Waals surface area contributed by atoms with Gasteiger partial charge in [-0.1, -0.05) is 6.42 Å². The van der Waals surface area contributed by atoms with Crippen molar-refractivity contribution >= 4 is 29.8 Å². The molecule has 26 heavy (non-hydrogen) atoms. The summed E-state index contributed by atoms with van der Waals surface area (Å²) in [4.78, 5) is 38.9. The van der Waals surface area contributed by atoms with Gasteiger partial charge >= 0.3 is 12.1 Å². The summed E-state index contributed by atoms with van der Waals surface area (Å²) in [5.74, 6) is 1.14. The van der Waals surface area contributed by atoms with Crippen LogP contribution < -0.4 is 10.6 Å². The Morgan fingerprint density at radius 2 is 1.88 bits per heavy atom. The van der Waals surface area contributed by atoms with E-state index < -0.39 is 0 Å². The highest BCUT2D eigenvalue weighted by Crippen LogP contribution is 2.33. The number of carbonyl (C=O) groups excluding carboxylic acids is 3. The number of nitrogens with one attached hydrogen (secondary N) is 2. The van der Waals surface area contributed by atoms with Gasteiger partial charge in [0, 0.05) is 43.6 Å². The predicted octanol–water partition coefficient (Wildman–Crippen LogP) is 1.01. The van der Waals surface area contributed by atoms with Crippen molar-refractivity contribution in [1.29, 1.82) is 0 Å². The first kappa shape index (κ1) is 19.1. The van der Waals surface area contributed by atoms with Gasteiger partial charge in [0.05, 0.1) is 18.7 Å². The smallest absolute Gasteiger partial charge is 0.409 e. The Balaban J connectivity index is 1.30. The van der Waals surface area contributed by atoms with Crippen molar-refractivity contribution in [3.63, 3.8) is 0 Å². The molecule has 0 radical (unpaired) electrons. The molecule has 0 aromatic rings. The van der Waals surface area contributed by atoms with Gasteiger partial charge in [-0.25, -0.2) is 9.59 Å². The zero-order valence-corrected chi connectivity index (χ0v) is 16.1. The van der Waals surface area contributed by atoms with E-state index in [4.69, 9.17) is 4.74 Å². The number of carbonyl (C=O) groups is 3. The maximum absolute atomic E-state index is 12.3. The Hall–Kier alpha value is -1.64. The molecule has 0 spiro atoms. The molecule has 3 atom stereocenters. The van der Waals surface area contributed by atoms with Crippen LogP contribution in [-0.2, 0) is 9.53 Å². The van der Waals surface area contributed by atoms with Gasteiger partial charge < -0.3 is 25.2 Å². The molecule has 3 unspecified atom stereocenters. The van der Waals surface area contributed by atoms with Crippen molar-refractivity contribution in [1.82, 2.24) is 20.4 Å². The highest BCUT2D eigenvalue weighted by atomic mass is 32.2. The molecule has 3 saturated heterocycles. The third-order valence-corrected chi connectivity index (χ3v) is 6.73. The maximum atomic E-state index is 12.3. The van der Waals surface area contributed by atoms with E-state index >= 15 is 0 Å². The minimum absolute atomic E-state index is 0.0533. The third-order valence-electron chi connectivity index (χ3n) is 5.23. The summed E-state index contributed by atoms with van der Waals surface area (Å²) in [7, 11) is 0. The fourth-order valence-electron chi connectivity index (χ4n) is 3.78. The molecule has 2 N–H and O–H groups in total. The predicted molar refractivity (Wildman–Crippen MR) is 99.1 cm³/mol. The summed E-state index contributed by atoms with van der Waals surface area (Å²) < 4.78 is 4.99. The first-order valence-electron chi connectivity index (χ1n) is 9.46. The van der Waals surface area contributed by atoms with E-state index in [2.05, 4.69) is 10.6 Å². The number of hydrogen-bond acceptors (Lipinski definition) is 5. The summed E-state index contributed by atoms with van der Waals surface area (Å²) in [6.07, 6.45) is 3.14. The molecule has 8 nitrogen and oxygen atoms in total. The summed E-state index contributed by atoms with van der Waals surface area (Å²) in [5, 5.41) is 6.40. The van der Waals surface area contributed by atoms with Crippen LogP contribution in [0.15, 0.2) is 0 Å². The Labute approximate surface area is 158 Å². The average molecular weight is 385 g/mol. The SMILES string of the molecule is CCOC(=O)N1CCN(C(=O)CCCCC2SCC3NC(=O)NC32)CC1. The molecule has 0 aliphatic carbocycles. The lowest BCUT2D eigenvalue weighted by Gasteiger charge is -2.34. The lowest BCUT2D eigenvalue weighted by molar-refractivity contribution is -0.132. The molecule has 9 heteroatoms. The van der Waals surface area contributed by atoms with E-state index in [1.54, 1.807) is 11.8 Å². The quantitative estimate of drug-likeness (QED) is 0.527. The molecule has 3 heterocycles. The van der Waals surface area contributed by atoms with Gasteiger partial charge in [0.25, 0.3) is 0 Å². The fourth-order valence-corrected chi connectivity index (χ4v) is 5.32. The van der Waals surface area contributed by atoms with Crippen LogP contribution in [0.1, 0.15) is 32.6 Å². The number of fused-ring (bicyclic) bond motifs is 1. The largest absolute Gasteiger partial charge is 0.450 e. The van der Waals surface area contributed by atoms with Crippen molar-refractivity contribution in [3.8, 4) is 0 Å². The summed E-state index contributed by atoms with van der Waals surface area (Å²) in [5.41, 5.74) is 0. The molecule has 3 aliphatic heterocycles. The highest BCUT2D eigenvalue weighted by Gasteiger charge is 2.42. The summed E-state index contributed by atoms with van der Waals surface area (Å²) >= 11 is 1.91. The number of nitrogens with zero attached hydrogens (tertiary/aromatic N) is 2. The molecule has 3 aliphatic rings. The molecule has 0 aromatic carbocycles. The van der Waals surface area contributed by atoms with Crippen molar-refractivity contribution in [2.45, 2.75) is 49.9 Å². The van der Waals surface area contributed by atoms with Gasteiger partial charge in [0.15, 0.2) is 0 Å².